The number of nitrogens with zero attached hydrogens (tertiary/aromatic N) is 2. The van der Waals surface area contributed by atoms with Crippen LogP contribution in [0.2, 0.25) is 10.0 Å². The van der Waals surface area contributed by atoms with Crippen LogP contribution in [0.1, 0.15) is 5.56 Å². The van der Waals surface area contributed by atoms with E-state index in [0.717, 1.165) is 20.9 Å². The number of para-hydroxylation sites is 1. The molecular weight excluding hydrogens is 313 g/mol. The Morgan fingerprint density at radius 2 is 1.95 bits per heavy atom. The second-order valence-corrected chi connectivity index (χ2v) is 5.88. The molecule has 0 aliphatic rings. The Kier molecular flexibility index (Phi) is 3.87. The van der Waals surface area contributed by atoms with Gasteiger partial charge in [-0.05, 0) is 29.8 Å². The van der Waals surface area contributed by atoms with Gasteiger partial charge in [-0.3, -0.25) is 5.43 Å². The molecule has 0 saturated heterocycles. The predicted molar refractivity (Wildman–Crippen MR) is 87.3 cm³/mol. The van der Waals surface area contributed by atoms with E-state index in [1.165, 1.54) is 0 Å². The number of thiazole rings is 1. The minimum atomic E-state index is 0.510. The maximum Gasteiger partial charge on any atom is 0.204 e. The number of hydrogen-bond donors (Lipinski definition) is 1. The minimum Gasteiger partial charge on any atom is -0.253 e. The summed E-state index contributed by atoms with van der Waals surface area (Å²) in [5.41, 5.74) is 4.75. The zero-order valence-electron chi connectivity index (χ0n) is 10.2. The molecule has 3 aromatic rings. The molecule has 20 heavy (non-hydrogen) atoms. The van der Waals surface area contributed by atoms with Crippen molar-refractivity contribution in [3.63, 3.8) is 0 Å². The Hall–Kier alpha value is -1.62. The summed E-state index contributed by atoms with van der Waals surface area (Å²) in [5, 5.41) is 5.94. The molecule has 100 valence electrons. The van der Waals surface area contributed by atoms with Crippen LogP contribution in [0.4, 0.5) is 5.13 Å². The molecule has 3 rings (SSSR count). The first kappa shape index (κ1) is 13.4. The van der Waals surface area contributed by atoms with Crippen LogP contribution in [0.5, 0.6) is 0 Å². The van der Waals surface area contributed by atoms with Crippen molar-refractivity contribution in [3.05, 3.63) is 58.1 Å². The van der Waals surface area contributed by atoms with Crippen LogP contribution in [0, 0.1) is 0 Å². The van der Waals surface area contributed by atoms with E-state index in [0.29, 0.717) is 10.0 Å². The number of hydrogen-bond acceptors (Lipinski definition) is 4. The smallest absolute Gasteiger partial charge is 0.204 e. The van der Waals surface area contributed by atoms with Crippen molar-refractivity contribution in [3.8, 4) is 0 Å². The van der Waals surface area contributed by atoms with E-state index in [-0.39, 0.29) is 0 Å². The van der Waals surface area contributed by atoms with Crippen molar-refractivity contribution in [2.75, 3.05) is 5.43 Å². The third-order valence-corrected chi connectivity index (χ3v) is 4.29. The van der Waals surface area contributed by atoms with E-state index >= 15 is 0 Å². The standard InChI is InChI=1S/C14H9Cl2N3S/c15-10-6-5-9(7-11(10)16)8-17-19-14-18-12-3-1-2-4-13(12)20-14/h1-8H,(H,18,19)/b17-8+. The van der Waals surface area contributed by atoms with Crippen LogP contribution in [-0.2, 0) is 0 Å². The van der Waals surface area contributed by atoms with Crippen molar-refractivity contribution >= 4 is 56.1 Å². The van der Waals surface area contributed by atoms with Crippen LogP contribution in [0.25, 0.3) is 10.2 Å². The van der Waals surface area contributed by atoms with E-state index in [4.69, 9.17) is 23.2 Å². The average Bonchev–Trinajstić information content (AvgIpc) is 2.85. The molecule has 0 aliphatic heterocycles. The minimum absolute atomic E-state index is 0.510. The number of halogens is 2. The molecule has 6 heteroatoms. The summed E-state index contributed by atoms with van der Waals surface area (Å²) < 4.78 is 1.12. The summed E-state index contributed by atoms with van der Waals surface area (Å²) in [6.45, 7) is 0. The third kappa shape index (κ3) is 2.93. The quantitative estimate of drug-likeness (QED) is 0.541. The van der Waals surface area contributed by atoms with Gasteiger partial charge in [-0.2, -0.15) is 5.10 Å². The van der Waals surface area contributed by atoms with Gasteiger partial charge in [-0.15, -0.1) is 0 Å². The largest absolute Gasteiger partial charge is 0.253 e. The number of nitrogens with one attached hydrogen (secondary N) is 1. The maximum atomic E-state index is 5.94. The molecule has 1 N–H and O–H groups in total. The molecule has 1 aromatic heterocycles. The van der Waals surface area contributed by atoms with Crippen LogP contribution in [-0.4, -0.2) is 11.2 Å². The lowest BCUT2D eigenvalue weighted by atomic mass is 10.2. The number of fused-ring (bicyclic) bond motifs is 1. The molecule has 0 aliphatic carbocycles. The van der Waals surface area contributed by atoms with Gasteiger partial charge >= 0.3 is 0 Å². The maximum absolute atomic E-state index is 5.94. The molecule has 1 heterocycles. The van der Waals surface area contributed by atoms with E-state index in [9.17, 15) is 0 Å². The van der Waals surface area contributed by atoms with Crippen molar-refractivity contribution in [1.82, 2.24) is 4.98 Å². The molecule has 3 nitrogen and oxygen atoms in total. The number of benzene rings is 2. The van der Waals surface area contributed by atoms with Gasteiger partial charge in [-0.1, -0.05) is 52.7 Å². The van der Waals surface area contributed by atoms with Gasteiger partial charge in [0.15, 0.2) is 0 Å². The first-order valence-corrected chi connectivity index (χ1v) is 7.39. The fourth-order valence-electron chi connectivity index (χ4n) is 1.67. The highest BCUT2D eigenvalue weighted by molar-refractivity contribution is 7.22. The fourth-order valence-corrected chi connectivity index (χ4v) is 2.80. The monoisotopic (exact) mass is 321 g/mol. The molecule has 2 aromatic carbocycles. The SMILES string of the molecule is Clc1ccc(/C=N/Nc2nc3ccccc3s2)cc1Cl. The molecule has 0 atom stereocenters. The van der Waals surface area contributed by atoms with Crippen molar-refractivity contribution in [1.29, 1.82) is 0 Å². The third-order valence-electron chi connectivity index (χ3n) is 2.61. The predicted octanol–water partition coefficient (Wildman–Crippen LogP) is 5.05. The summed E-state index contributed by atoms with van der Waals surface area (Å²) in [6.07, 6.45) is 1.67. The molecule has 0 amide bonds. The lowest BCUT2D eigenvalue weighted by molar-refractivity contribution is 1.31. The van der Waals surface area contributed by atoms with E-state index in [2.05, 4.69) is 15.5 Å². The Morgan fingerprint density at radius 3 is 2.75 bits per heavy atom. The van der Waals surface area contributed by atoms with E-state index in [1.807, 2.05) is 30.3 Å². The zero-order chi connectivity index (χ0) is 13.9. The highest BCUT2D eigenvalue weighted by atomic mass is 35.5. The van der Waals surface area contributed by atoms with Gasteiger partial charge in [0.1, 0.15) is 0 Å². The Bertz CT molecular complexity index is 750. The molecule has 0 bridgehead atoms. The average molecular weight is 322 g/mol. The van der Waals surface area contributed by atoms with Gasteiger partial charge in [0.05, 0.1) is 26.5 Å². The van der Waals surface area contributed by atoms with Crippen molar-refractivity contribution < 1.29 is 0 Å². The van der Waals surface area contributed by atoms with Gasteiger partial charge in [0.2, 0.25) is 5.13 Å². The number of rotatable bonds is 3. The van der Waals surface area contributed by atoms with Crippen LogP contribution >= 0.6 is 34.5 Å². The van der Waals surface area contributed by atoms with Crippen LogP contribution in [0.3, 0.4) is 0 Å². The van der Waals surface area contributed by atoms with Crippen molar-refractivity contribution in [2.24, 2.45) is 5.10 Å². The zero-order valence-corrected chi connectivity index (χ0v) is 12.5. The summed E-state index contributed by atoms with van der Waals surface area (Å²) >= 11 is 13.3. The van der Waals surface area contributed by atoms with Gasteiger partial charge in [0, 0.05) is 0 Å². The second kappa shape index (κ2) is 5.79. The first-order valence-electron chi connectivity index (χ1n) is 5.82. The first-order chi connectivity index (χ1) is 9.72. The Labute approximate surface area is 129 Å². The Balaban J connectivity index is 1.75. The van der Waals surface area contributed by atoms with E-state index < -0.39 is 0 Å². The number of hydrazone groups is 1. The summed E-state index contributed by atoms with van der Waals surface area (Å²) in [4.78, 5) is 4.42. The topological polar surface area (TPSA) is 37.3 Å². The Morgan fingerprint density at radius 1 is 1.10 bits per heavy atom. The normalized spacial score (nSPS) is 11.3. The van der Waals surface area contributed by atoms with Gasteiger partial charge < -0.3 is 0 Å². The van der Waals surface area contributed by atoms with Crippen molar-refractivity contribution in [2.45, 2.75) is 0 Å². The van der Waals surface area contributed by atoms with E-state index in [1.54, 1.807) is 29.7 Å². The lowest BCUT2D eigenvalue weighted by Crippen LogP contribution is -1.89. The molecule has 0 saturated carbocycles. The number of anilines is 1. The second-order valence-electron chi connectivity index (χ2n) is 4.03. The summed E-state index contributed by atoms with van der Waals surface area (Å²) in [7, 11) is 0. The highest BCUT2D eigenvalue weighted by Crippen LogP contribution is 2.25. The molecule has 0 fully saturated rings. The number of aromatic nitrogens is 1. The summed E-state index contributed by atoms with van der Waals surface area (Å²) in [5.74, 6) is 0. The summed E-state index contributed by atoms with van der Waals surface area (Å²) in [6, 6.07) is 13.3. The highest BCUT2D eigenvalue weighted by Gasteiger charge is 2.01. The lowest BCUT2D eigenvalue weighted by Gasteiger charge is -1.97. The fraction of sp³-hybridized carbons (Fsp3) is 0. The molecule has 0 unspecified atom stereocenters. The molecule has 0 radical (unpaired) electrons. The molecular formula is C14H9Cl2N3S. The van der Waals surface area contributed by atoms with Crippen LogP contribution in [0.15, 0.2) is 47.6 Å². The van der Waals surface area contributed by atoms with Crippen LogP contribution < -0.4 is 5.43 Å². The molecule has 0 spiro atoms. The van der Waals surface area contributed by atoms with Gasteiger partial charge in [0.25, 0.3) is 0 Å². The van der Waals surface area contributed by atoms with Gasteiger partial charge in [-0.25, -0.2) is 4.98 Å².